The molecule has 1 heterocycles. The number of nitrogens with zero attached hydrogens (tertiary/aromatic N) is 1. The van der Waals surface area contributed by atoms with Crippen LogP contribution in [0, 0.1) is 0 Å². The fourth-order valence-corrected chi connectivity index (χ4v) is 2.01. The normalized spacial score (nSPS) is 10.5. The number of carbonyl (C=O) groups excluding carboxylic acids is 1. The quantitative estimate of drug-likeness (QED) is 0.807. The number of hydrogen-bond donors (Lipinski definition) is 2. The molecule has 2 aromatic rings. The Labute approximate surface area is 133 Å². The second-order valence-electron chi connectivity index (χ2n) is 3.84. The molecule has 0 aliphatic carbocycles. The first kappa shape index (κ1) is 14.7. The van der Waals surface area contributed by atoms with E-state index in [1.807, 2.05) is 24.3 Å². The van der Waals surface area contributed by atoms with Gasteiger partial charge in [0.2, 0.25) is 0 Å². The summed E-state index contributed by atoms with van der Waals surface area (Å²) in [6.45, 7) is 0. The minimum atomic E-state index is -0.344. The molecular formula is C14H11Br2N3O. The molecule has 0 bridgehead atoms. The molecule has 2 rings (SSSR count). The van der Waals surface area contributed by atoms with Gasteiger partial charge in [-0.15, -0.1) is 0 Å². The number of pyridine rings is 1. The number of hydrogen-bond acceptors (Lipinski definition) is 2. The first-order valence-corrected chi connectivity index (χ1v) is 7.33. The molecule has 2 N–H and O–H groups in total. The summed E-state index contributed by atoms with van der Waals surface area (Å²) in [5, 5.41) is 5.24. The number of benzene rings is 1. The number of carbonyl (C=O) groups is 1. The zero-order chi connectivity index (χ0) is 14.4. The lowest BCUT2D eigenvalue weighted by Gasteiger charge is -2.03. The van der Waals surface area contributed by atoms with Crippen LogP contribution >= 0.6 is 31.9 Å². The van der Waals surface area contributed by atoms with Gasteiger partial charge in [-0.1, -0.05) is 44.0 Å². The topological polar surface area (TPSA) is 54.0 Å². The van der Waals surface area contributed by atoms with Gasteiger partial charge in [0, 0.05) is 21.3 Å². The maximum Gasteiger partial charge on any atom is 0.324 e. The highest BCUT2D eigenvalue weighted by atomic mass is 79.9. The second kappa shape index (κ2) is 7.21. The number of halogens is 2. The van der Waals surface area contributed by atoms with Crippen molar-refractivity contribution in [3.8, 4) is 0 Å². The molecule has 1 aromatic carbocycles. The van der Waals surface area contributed by atoms with Gasteiger partial charge in [0.1, 0.15) is 5.82 Å². The SMILES string of the molecule is O=C(N/C=C/c1ccc(Br)cc1)Nc1cc(Br)ccn1. The predicted molar refractivity (Wildman–Crippen MR) is 87.3 cm³/mol. The number of nitrogens with one attached hydrogen (secondary N) is 2. The number of aromatic nitrogens is 1. The van der Waals surface area contributed by atoms with E-state index in [1.54, 1.807) is 30.6 Å². The van der Waals surface area contributed by atoms with Crippen LogP contribution in [0.3, 0.4) is 0 Å². The van der Waals surface area contributed by atoms with Crippen LogP contribution in [0.15, 0.2) is 57.7 Å². The van der Waals surface area contributed by atoms with Crippen LogP contribution in [0.1, 0.15) is 5.56 Å². The molecule has 0 aliphatic heterocycles. The molecule has 0 atom stereocenters. The van der Waals surface area contributed by atoms with Crippen molar-refractivity contribution >= 4 is 49.8 Å². The number of amides is 2. The summed E-state index contributed by atoms with van der Waals surface area (Å²) in [6.07, 6.45) is 4.99. The average molecular weight is 397 g/mol. The Hall–Kier alpha value is -1.66. The van der Waals surface area contributed by atoms with Gasteiger partial charge in [0.05, 0.1) is 0 Å². The maximum atomic E-state index is 11.6. The van der Waals surface area contributed by atoms with Crippen LogP contribution in [0.25, 0.3) is 6.08 Å². The van der Waals surface area contributed by atoms with Crippen molar-refractivity contribution in [3.63, 3.8) is 0 Å². The van der Waals surface area contributed by atoms with Gasteiger partial charge in [0.15, 0.2) is 0 Å². The largest absolute Gasteiger partial charge is 0.324 e. The summed E-state index contributed by atoms with van der Waals surface area (Å²) in [4.78, 5) is 15.7. The molecule has 6 heteroatoms. The summed E-state index contributed by atoms with van der Waals surface area (Å²) < 4.78 is 1.87. The molecule has 2 amide bonds. The summed E-state index contributed by atoms with van der Waals surface area (Å²) in [5.41, 5.74) is 0.995. The fourth-order valence-electron chi connectivity index (χ4n) is 1.41. The first-order valence-electron chi connectivity index (χ1n) is 5.75. The molecule has 4 nitrogen and oxygen atoms in total. The molecular weight excluding hydrogens is 386 g/mol. The summed E-state index contributed by atoms with van der Waals surface area (Å²) in [5.74, 6) is 0.480. The Kier molecular flexibility index (Phi) is 5.31. The van der Waals surface area contributed by atoms with Gasteiger partial charge in [-0.3, -0.25) is 5.32 Å². The number of rotatable bonds is 3. The van der Waals surface area contributed by atoms with Gasteiger partial charge in [-0.05, 0) is 35.9 Å². The molecule has 0 saturated carbocycles. The molecule has 0 saturated heterocycles. The maximum absolute atomic E-state index is 11.6. The van der Waals surface area contributed by atoms with E-state index in [0.717, 1.165) is 14.5 Å². The molecule has 0 unspecified atom stereocenters. The zero-order valence-electron chi connectivity index (χ0n) is 10.3. The Morgan fingerprint density at radius 2 is 1.85 bits per heavy atom. The molecule has 20 heavy (non-hydrogen) atoms. The van der Waals surface area contributed by atoms with E-state index < -0.39 is 0 Å². The molecule has 0 fully saturated rings. The molecule has 0 aliphatic rings. The Morgan fingerprint density at radius 1 is 1.10 bits per heavy atom. The predicted octanol–water partition coefficient (Wildman–Crippen LogP) is 4.40. The monoisotopic (exact) mass is 395 g/mol. The zero-order valence-corrected chi connectivity index (χ0v) is 13.5. The van der Waals surface area contributed by atoms with Crippen molar-refractivity contribution in [1.29, 1.82) is 0 Å². The van der Waals surface area contributed by atoms with Crippen molar-refractivity contribution in [2.24, 2.45) is 0 Å². The third kappa shape index (κ3) is 4.79. The lowest BCUT2D eigenvalue weighted by Crippen LogP contribution is -2.24. The number of urea groups is 1. The lowest BCUT2D eigenvalue weighted by atomic mass is 10.2. The highest BCUT2D eigenvalue weighted by Gasteiger charge is 2.00. The third-order valence-corrected chi connectivity index (χ3v) is 3.35. The second-order valence-corrected chi connectivity index (χ2v) is 5.67. The van der Waals surface area contributed by atoms with Crippen molar-refractivity contribution in [1.82, 2.24) is 10.3 Å². The van der Waals surface area contributed by atoms with E-state index in [0.29, 0.717) is 5.82 Å². The van der Waals surface area contributed by atoms with Gasteiger partial charge in [0.25, 0.3) is 0 Å². The molecule has 0 radical (unpaired) electrons. The van der Waals surface area contributed by atoms with Crippen LogP contribution in [-0.2, 0) is 0 Å². The van der Waals surface area contributed by atoms with Gasteiger partial charge in [-0.25, -0.2) is 9.78 Å². The van der Waals surface area contributed by atoms with E-state index >= 15 is 0 Å². The lowest BCUT2D eigenvalue weighted by molar-refractivity contribution is 0.255. The van der Waals surface area contributed by atoms with Crippen LogP contribution < -0.4 is 10.6 Å². The fraction of sp³-hybridized carbons (Fsp3) is 0. The van der Waals surface area contributed by atoms with Gasteiger partial charge in [-0.2, -0.15) is 0 Å². The van der Waals surface area contributed by atoms with Crippen molar-refractivity contribution in [2.45, 2.75) is 0 Å². The van der Waals surface area contributed by atoms with Crippen LogP contribution in [0.4, 0.5) is 10.6 Å². The van der Waals surface area contributed by atoms with E-state index in [-0.39, 0.29) is 6.03 Å². The average Bonchev–Trinajstić information content (AvgIpc) is 2.41. The van der Waals surface area contributed by atoms with E-state index in [9.17, 15) is 4.79 Å². The smallest absolute Gasteiger partial charge is 0.314 e. The Bertz CT molecular complexity index is 627. The van der Waals surface area contributed by atoms with Crippen molar-refractivity contribution in [3.05, 3.63) is 63.3 Å². The highest BCUT2D eigenvalue weighted by Crippen LogP contribution is 2.13. The van der Waals surface area contributed by atoms with Crippen molar-refractivity contribution in [2.75, 3.05) is 5.32 Å². The van der Waals surface area contributed by atoms with E-state index in [4.69, 9.17) is 0 Å². The minimum Gasteiger partial charge on any atom is -0.314 e. The Balaban J connectivity index is 1.87. The summed E-state index contributed by atoms with van der Waals surface area (Å²) in [6, 6.07) is 10.9. The summed E-state index contributed by atoms with van der Waals surface area (Å²) in [7, 11) is 0. The first-order chi connectivity index (χ1) is 9.63. The van der Waals surface area contributed by atoms with Gasteiger partial charge < -0.3 is 5.32 Å². The van der Waals surface area contributed by atoms with E-state index in [2.05, 4.69) is 47.5 Å². The van der Waals surface area contributed by atoms with Crippen LogP contribution in [0.2, 0.25) is 0 Å². The standard InChI is InChI=1S/C14H11Br2N3O/c15-11-3-1-10(2-4-11)5-7-18-14(20)19-13-9-12(16)6-8-17-13/h1-9H,(H2,17,18,19,20)/b7-5+. The van der Waals surface area contributed by atoms with Gasteiger partial charge >= 0.3 is 6.03 Å². The molecule has 0 spiro atoms. The minimum absolute atomic E-state index is 0.344. The molecule has 102 valence electrons. The van der Waals surface area contributed by atoms with Crippen molar-refractivity contribution < 1.29 is 4.79 Å². The Morgan fingerprint density at radius 3 is 2.55 bits per heavy atom. The highest BCUT2D eigenvalue weighted by molar-refractivity contribution is 9.10. The molecule has 1 aromatic heterocycles. The third-order valence-electron chi connectivity index (χ3n) is 2.32. The van der Waals surface area contributed by atoms with Crippen LogP contribution in [-0.4, -0.2) is 11.0 Å². The van der Waals surface area contributed by atoms with Crippen LogP contribution in [0.5, 0.6) is 0 Å². The summed E-state index contributed by atoms with van der Waals surface area (Å²) >= 11 is 6.68. The van der Waals surface area contributed by atoms with E-state index in [1.165, 1.54) is 0 Å². The number of anilines is 1.